The summed E-state index contributed by atoms with van der Waals surface area (Å²) in [6.45, 7) is 5.73. The molecule has 0 aromatic heterocycles. The number of carbonyl (C=O) groups is 2. The Bertz CT molecular complexity index is 509. The zero-order valence-corrected chi connectivity index (χ0v) is 13.2. The van der Waals surface area contributed by atoms with Crippen molar-refractivity contribution in [3.8, 4) is 0 Å². The van der Waals surface area contributed by atoms with Gasteiger partial charge >= 0.3 is 5.97 Å². The number of nitrogens with one attached hydrogen (secondary N) is 1. The molecule has 1 aromatic rings. The largest absolute Gasteiger partial charge is 0.464 e. The van der Waals surface area contributed by atoms with Crippen LogP contribution in [0.15, 0.2) is 30.3 Å². The first-order chi connectivity index (χ1) is 9.93. The lowest BCUT2D eigenvalue weighted by molar-refractivity contribution is -0.148. The van der Waals surface area contributed by atoms with Gasteiger partial charge in [0.25, 0.3) is 0 Å². The van der Waals surface area contributed by atoms with E-state index in [1.807, 2.05) is 13.8 Å². The van der Waals surface area contributed by atoms with Gasteiger partial charge in [0, 0.05) is 11.1 Å². The summed E-state index contributed by atoms with van der Waals surface area (Å²) in [4.78, 5) is 23.6. The topological polar surface area (TPSA) is 55.4 Å². The van der Waals surface area contributed by atoms with Crippen molar-refractivity contribution in [2.45, 2.75) is 26.8 Å². The highest BCUT2D eigenvalue weighted by Gasteiger charge is 2.24. The molecule has 0 aliphatic carbocycles. The molecule has 0 aliphatic rings. The van der Waals surface area contributed by atoms with Crippen LogP contribution in [0.3, 0.4) is 0 Å². The van der Waals surface area contributed by atoms with E-state index in [1.54, 1.807) is 37.3 Å². The van der Waals surface area contributed by atoms with Crippen molar-refractivity contribution >= 4 is 29.6 Å². The second kappa shape index (κ2) is 8.47. The molecule has 5 heteroatoms. The molecule has 1 amide bonds. The van der Waals surface area contributed by atoms with Crippen LogP contribution >= 0.6 is 11.6 Å². The van der Waals surface area contributed by atoms with Crippen LogP contribution in [-0.2, 0) is 14.3 Å². The molecule has 1 atom stereocenters. The van der Waals surface area contributed by atoms with Gasteiger partial charge in [0.1, 0.15) is 6.04 Å². The van der Waals surface area contributed by atoms with Crippen LogP contribution in [0.2, 0.25) is 5.02 Å². The molecule has 1 N–H and O–H groups in total. The van der Waals surface area contributed by atoms with Gasteiger partial charge in [0.15, 0.2) is 0 Å². The van der Waals surface area contributed by atoms with Crippen molar-refractivity contribution in [2.75, 3.05) is 6.61 Å². The van der Waals surface area contributed by atoms with Crippen molar-refractivity contribution < 1.29 is 14.3 Å². The normalized spacial score (nSPS) is 12.4. The molecule has 0 unspecified atom stereocenters. The van der Waals surface area contributed by atoms with Crippen molar-refractivity contribution in [1.29, 1.82) is 0 Å². The predicted molar refractivity (Wildman–Crippen MR) is 83.9 cm³/mol. The second-order valence-corrected chi connectivity index (χ2v) is 5.30. The molecular weight excluding hydrogens is 290 g/mol. The molecule has 0 saturated carbocycles. The fourth-order valence-corrected chi connectivity index (χ4v) is 1.80. The van der Waals surface area contributed by atoms with Gasteiger partial charge in [-0.25, -0.2) is 4.79 Å². The van der Waals surface area contributed by atoms with E-state index in [9.17, 15) is 9.59 Å². The number of hydrogen-bond donors (Lipinski definition) is 1. The summed E-state index contributed by atoms with van der Waals surface area (Å²) in [5.41, 5.74) is 0.854. The van der Waals surface area contributed by atoms with E-state index in [2.05, 4.69) is 5.32 Å². The summed E-state index contributed by atoms with van der Waals surface area (Å²) in [5.74, 6) is -0.797. The molecule has 1 aromatic carbocycles. The lowest BCUT2D eigenvalue weighted by atomic mass is 10.0. The zero-order valence-electron chi connectivity index (χ0n) is 12.4. The molecule has 0 heterocycles. The summed E-state index contributed by atoms with van der Waals surface area (Å²) in [6, 6.07) is 6.45. The van der Waals surface area contributed by atoms with Gasteiger partial charge in [0.05, 0.1) is 6.61 Å². The smallest absolute Gasteiger partial charge is 0.328 e. The van der Waals surface area contributed by atoms with Gasteiger partial charge in [0.2, 0.25) is 5.91 Å². The third-order valence-electron chi connectivity index (χ3n) is 2.80. The van der Waals surface area contributed by atoms with Crippen molar-refractivity contribution in [3.63, 3.8) is 0 Å². The second-order valence-electron chi connectivity index (χ2n) is 4.87. The van der Waals surface area contributed by atoms with E-state index < -0.39 is 12.0 Å². The van der Waals surface area contributed by atoms with Crippen molar-refractivity contribution in [2.24, 2.45) is 5.92 Å². The number of esters is 1. The van der Waals surface area contributed by atoms with E-state index in [4.69, 9.17) is 16.3 Å². The number of amides is 1. The van der Waals surface area contributed by atoms with Crippen LogP contribution < -0.4 is 5.32 Å². The maximum absolute atomic E-state index is 11.9. The van der Waals surface area contributed by atoms with Gasteiger partial charge in [-0.2, -0.15) is 0 Å². The average molecular weight is 310 g/mol. The standard InChI is InChI=1S/C16H20ClNO3/c1-4-21-16(20)15(11(2)3)18-14(19)10-7-12-5-8-13(17)9-6-12/h5-11,15H,4H2,1-3H3,(H,18,19)/b10-7+/t15-/m1/s1. The molecule has 0 saturated heterocycles. The Morgan fingerprint density at radius 2 is 1.90 bits per heavy atom. The monoisotopic (exact) mass is 309 g/mol. The minimum Gasteiger partial charge on any atom is -0.464 e. The van der Waals surface area contributed by atoms with Gasteiger partial charge in [-0.15, -0.1) is 0 Å². The first-order valence-corrected chi connectivity index (χ1v) is 7.22. The first kappa shape index (κ1) is 17.2. The summed E-state index contributed by atoms with van der Waals surface area (Å²) < 4.78 is 4.95. The molecule has 21 heavy (non-hydrogen) atoms. The Hall–Kier alpha value is -1.81. The Morgan fingerprint density at radius 3 is 2.43 bits per heavy atom. The van der Waals surface area contributed by atoms with Crippen molar-refractivity contribution in [1.82, 2.24) is 5.32 Å². The number of carbonyl (C=O) groups excluding carboxylic acids is 2. The van der Waals surface area contributed by atoms with Crippen LogP contribution in [0.1, 0.15) is 26.3 Å². The number of ether oxygens (including phenoxy) is 1. The van der Waals surface area contributed by atoms with Crippen molar-refractivity contribution in [3.05, 3.63) is 40.9 Å². The van der Waals surface area contributed by atoms with Gasteiger partial charge < -0.3 is 10.1 Å². The lowest BCUT2D eigenvalue weighted by Crippen LogP contribution is -2.44. The predicted octanol–water partition coefficient (Wildman–Crippen LogP) is 3.06. The minimum atomic E-state index is -0.646. The molecule has 0 fully saturated rings. The molecule has 4 nitrogen and oxygen atoms in total. The maximum atomic E-state index is 11.9. The summed E-state index contributed by atoms with van der Waals surface area (Å²) in [5, 5.41) is 3.29. The van der Waals surface area contributed by atoms with E-state index in [1.165, 1.54) is 6.08 Å². The van der Waals surface area contributed by atoms with Gasteiger partial charge in [-0.1, -0.05) is 37.6 Å². The van der Waals surface area contributed by atoms with Gasteiger partial charge in [-0.3, -0.25) is 4.79 Å². The fourth-order valence-electron chi connectivity index (χ4n) is 1.68. The highest BCUT2D eigenvalue weighted by Crippen LogP contribution is 2.10. The van der Waals surface area contributed by atoms with E-state index in [-0.39, 0.29) is 11.8 Å². The maximum Gasteiger partial charge on any atom is 0.328 e. The zero-order chi connectivity index (χ0) is 15.8. The first-order valence-electron chi connectivity index (χ1n) is 6.84. The Kier molecular flexibility index (Phi) is 6.96. The minimum absolute atomic E-state index is 0.0445. The highest BCUT2D eigenvalue weighted by atomic mass is 35.5. The van der Waals surface area contributed by atoms with E-state index >= 15 is 0 Å². The summed E-state index contributed by atoms with van der Waals surface area (Å²) in [6.07, 6.45) is 3.05. The lowest BCUT2D eigenvalue weighted by Gasteiger charge is -2.19. The van der Waals surface area contributed by atoms with Crippen LogP contribution in [0.4, 0.5) is 0 Å². The Morgan fingerprint density at radius 1 is 1.29 bits per heavy atom. The summed E-state index contributed by atoms with van der Waals surface area (Å²) in [7, 11) is 0. The average Bonchev–Trinajstić information content (AvgIpc) is 2.44. The molecule has 0 bridgehead atoms. The number of benzene rings is 1. The summed E-state index contributed by atoms with van der Waals surface area (Å²) >= 11 is 5.79. The third kappa shape index (κ3) is 6.00. The van der Waals surface area contributed by atoms with E-state index in [0.717, 1.165) is 5.56 Å². The van der Waals surface area contributed by atoms with Crippen LogP contribution in [0, 0.1) is 5.92 Å². The number of rotatable bonds is 6. The SMILES string of the molecule is CCOC(=O)[C@H](NC(=O)/C=C/c1ccc(Cl)cc1)C(C)C. The highest BCUT2D eigenvalue weighted by molar-refractivity contribution is 6.30. The molecule has 1 rings (SSSR count). The molecule has 0 spiro atoms. The Labute approximate surface area is 130 Å². The number of hydrogen-bond acceptors (Lipinski definition) is 3. The van der Waals surface area contributed by atoms with E-state index in [0.29, 0.717) is 11.6 Å². The quantitative estimate of drug-likeness (QED) is 0.649. The Balaban J connectivity index is 2.65. The molecular formula is C16H20ClNO3. The third-order valence-corrected chi connectivity index (χ3v) is 3.05. The molecule has 114 valence electrons. The molecule has 0 radical (unpaired) electrons. The van der Waals surface area contributed by atoms with Crippen LogP contribution in [0.5, 0.6) is 0 Å². The van der Waals surface area contributed by atoms with Crippen LogP contribution in [-0.4, -0.2) is 24.5 Å². The molecule has 0 aliphatic heterocycles. The van der Waals surface area contributed by atoms with Gasteiger partial charge in [-0.05, 0) is 36.6 Å². The van der Waals surface area contributed by atoms with Crippen LogP contribution in [0.25, 0.3) is 6.08 Å². The fraction of sp³-hybridized carbons (Fsp3) is 0.375. The number of halogens is 1.